The van der Waals surface area contributed by atoms with E-state index in [0.29, 0.717) is 6.04 Å². The number of furan rings is 1. The van der Waals surface area contributed by atoms with E-state index in [9.17, 15) is 0 Å². The molecule has 1 aromatic carbocycles. The molecule has 1 unspecified atom stereocenters. The molecule has 0 amide bonds. The van der Waals surface area contributed by atoms with Crippen LogP contribution < -0.4 is 5.32 Å². The predicted molar refractivity (Wildman–Crippen MR) is 81.7 cm³/mol. The zero-order chi connectivity index (χ0) is 14.0. The van der Waals surface area contributed by atoms with Gasteiger partial charge in [0.05, 0.1) is 0 Å². The average molecular weight is 259 g/mol. The van der Waals surface area contributed by atoms with E-state index in [1.807, 2.05) is 0 Å². The zero-order valence-electron chi connectivity index (χ0n) is 12.7. The van der Waals surface area contributed by atoms with Crippen LogP contribution in [0.15, 0.2) is 28.7 Å². The van der Waals surface area contributed by atoms with Crippen LogP contribution in [0.5, 0.6) is 0 Å². The summed E-state index contributed by atoms with van der Waals surface area (Å²) in [5, 5.41) is 4.68. The van der Waals surface area contributed by atoms with Gasteiger partial charge in [-0.2, -0.15) is 0 Å². The molecule has 1 heterocycles. The third-order valence-corrected chi connectivity index (χ3v) is 3.78. The van der Waals surface area contributed by atoms with Gasteiger partial charge in [0.25, 0.3) is 0 Å². The van der Waals surface area contributed by atoms with Crippen molar-refractivity contribution in [3.8, 4) is 0 Å². The summed E-state index contributed by atoms with van der Waals surface area (Å²) in [4.78, 5) is 0. The number of benzene rings is 1. The highest BCUT2D eigenvalue weighted by Crippen LogP contribution is 2.34. The normalized spacial score (nSPS) is 13.9. The van der Waals surface area contributed by atoms with Crippen molar-refractivity contribution in [2.45, 2.75) is 52.5 Å². The highest BCUT2D eigenvalue weighted by molar-refractivity contribution is 5.81. The lowest BCUT2D eigenvalue weighted by atomic mass is 9.83. The summed E-state index contributed by atoms with van der Waals surface area (Å²) in [6, 6.07) is 9.00. The van der Waals surface area contributed by atoms with E-state index in [2.05, 4.69) is 64.2 Å². The number of fused-ring (bicyclic) bond motifs is 1. The SMILES string of the molecule is CCNC(C)CC(C)(C)c1cc2cccc(C)c2o1. The highest BCUT2D eigenvalue weighted by Gasteiger charge is 2.27. The van der Waals surface area contributed by atoms with Crippen LogP contribution in [0, 0.1) is 6.92 Å². The smallest absolute Gasteiger partial charge is 0.137 e. The van der Waals surface area contributed by atoms with Crippen LogP contribution in [0.2, 0.25) is 0 Å². The average Bonchev–Trinajstić information content (AvgIpc) is 2.74. The molecule has 1 N–H and O–H groups in total. The van der Waals surface area contributed by atoms with E-state index in [1.165, 1.54) is 10.9 Å². The molecular weight excluding hydrogens is 234 g/mol. The second-order valence-electron chi connectivity index (χ2n) is 6.15. The van der Waals surface area contributed by atoms with Crippen molar-refractivity contribution in [1.82, 2.24) is 5.32 Å². The second-order valence-corrected chi connectivity index (χ2v) is 6.15. The standard InChI is InChI=1S/C17H25NO/c1-6-18-13(3)11-17(4,5)15-10-14-9-7-8-12(2)16(14)19-15/h7-10,13,18H,6,11H2,1-5H3. The van der Waals surface area contributed by atoms with Crippen LogP contribution in [0.4, 0.5) is 0 Å². The van der Waals surface area contributed by atoms with E-state index in [4.69, 9.17) is 4.42 Å². The maximum Gasteiger partial charge on any atom is 0.137 e. The number of aryl methyl sites for hydroxylation is 1. The lowest BCUT2D eigenvalue weighted by Gasteiger charge is -2.26. The number of hydrogen-bond donors (Lipinski definition) is 1. The molecule has 0 aliphatic carbocycles. The van der Waals surface area contributed by atoms with Gasteiger partial charge in [0.1, 0.15) is 11.3 Å². The fraction of sp³-hybridized carbons (Fsp3) is 0.529. The summed E-state index contributed by atoms with van der Waals surface area (Å²) in [5.41, 5.74) is 2.29. The molecule has 2 heteroatoms. The van der Waals surface area contributed by atoms with Gasteiger partial charge in [-0.15, -0.1) is 0 Å². The number of nitrogens with one attached hydrogen (secondary N) is 1. The Kier molecular flexibility index (Phi) is 4.00. The minimum Gasteiger partial charge on any atom is -0.460 e. The van der Waals surface area contributed by atoms with Gasteiger partial charge in [0, 0.05) is 16.8 Å². The van der Waals surface area contributed by atoms with Crippen molar-refractivity contribution in [3.05, 3.63) is 35.6 Å². The molecule has 19 heavy (non-hydrogen) atoms. The van der Waals surface area contributed by atoms with Crippen molar-refractivity contribution >= 4 is 11.0 Å². The van der Waals surface area contributed by atoms with Gasteiger partial charge in [-0.05, 0) is 38.4 Å². The van der Waals surface area contributed by atoms with E-state index < -0.39 is 0 Å². The molecule has 0 aliphatic rings. The number of para-hydroxylation sites is 1. The molecule has 1 atom stereocenters. The largest absolute Gasteiger partial charge is 0.460 e. The van der Waals surface area contributed by atoms with Crippen molar-refractivity contribution in [2.24, 2.45) is 0 Å². The fourth-order valence-corrected chi connectivity index (χ4v) is 2.83. The van der Waals surface area contributed by atoms with Crippen LogP contribution in [0.1, 0.15) is 45.4 Å². The summed E-state index contributed by atoms with van der Waals surface area (Å²) >= 11 is 0. The van der Waals surface area contributed by atoms with Crippen molar-refractivity contribution in [2.75, 3.05) is 6.54 Å². The fourth-order valence-electron chi connectivity index (χ4n) is 2.83. The second kappa shape index (κ2) is 5.38. The minimum absolute atomic E-state index is 0.0487. The quantitative estimate of drug-likeness (QED) is 0.860. The zero-order valence-corrected chi connectivity index (χ0v) is 12.7. The Balaban J connectivity index is 2.29. The maximum atomic E-state index is 6.11. The molecule has 0 fully saturated rings. The summed E-state index contributed by atoms with van der Waals surface area (Å²) in [6.07, 6.45) is 1.07. The predicted octanol–water partition coefficient (Wildman–Crippen LogP) is 4.41. The van der Waals surface area contributed by atoms with Gasteiger partial charge in [-0.1, -0.05) is 39.0 Å². The van der Waals surface area contributed by atoms with Crippen molar-refractivity contribution in [1.29, 1.82) is 0 Å². The van der Waals surface area contributed by atoms with E-state index in [0.717, 1.165) is 24.3 Å². The summed E-state index contributed by atoms with van der Waals surface area (Å²) in [6.45, 7) is 12.0. The third-order valence-electron chi connectivity index (χ3n) is 3.78. The van der Waals surface area contributed by atoms with Crippen molar-refractivity contribution in [3.63, 3.8) is 0 Å². The first-order chi connectivity index (χ1) is 8.94. The van der Waals surface area contributed by atoms with Gasteiger partial charge in [-0.3, -0.25) is 0 Å². The van der Waals surface area contributed by atoms with Crippen molar-refractivity contribution < 1.29 is 4.42 Å². The molecule has 1 aromatic heterocycles. The third kappa shape index (κ3) is 3.01. The Morgan fingerprint density at radius 3 is 2.68 bits per heavy atom. The van der Waals surface area contributed by atoms with Crippen LogP contribution in [0.25, 0.3) is 11.0 Å². The Labute approximate surface area is 116 Å². The number of rotatable bonds is 5. The summed E-state index contributed by atoms with van der Waals surface area (Å²) in [7, 11) is 0. The van der Waals surface area contributed by atoms with Crippen LogP contribution in [-0.4, -0.2) is 12.6 Å². The lowest BCUT2D eigenvalue weighted by Crippen LogP contribution is -2.32. The Morgan fingerprint density at radius 2 is 2.05 bits per heavy atom. The van der Waals surface area contributed by atoms with E-state index >= 15 is 0 Å². The highest BCUT2D eigenvalue weighted by atomic mass is 16.3. The molecule has 0 spiro atoms. The first-order valence-electron chi connectivity index (χ1n) is 7.17. The Hall–Kier alpha value is -1.28. The van der Waals surface area contributed by atoms with E-state index in [-0.39, 0.29) is 5.41 Å². The minimum atomic E-state index is 0.0487. The lowest BCUT2D eigenvalue weighted by molar-refractivity contribution is 0.336. The molecule has 0 aliphatic heterocycles. The van der Waals surface area contributed by atoms with Gasteiger partial charge in [-0.25, -0.2) is 0 Å². The van der Waals surface area contributed by atoms with Crippen LogP contribution >= 0.6 is 0 Å². The van der Waals surface area contributed by atoms with Gasteiger partial charge < -0.3 is 9.73 Å². The molecule has 2 rings (SSSR count). The van der Waals surface area contributed by atoms with Crippen LogP contribution in [0.3, 0.4) is 0 Å². The molecule has 0 saturated heterocycles. The summed E-state index contributed by atoms with van der Waals surface area (Å²) in [5.74, 6) is 1.08. The molecule has 0 bridgehead atoms. The monoisotopic (exact) mass is 259 g/mol. The first-order valence-corrected chi connectivity index (χ1v) is 7.17. The van der Waals surface area contributed by atoms with Gasteiger partial charge in [0.2, 0.25) is 0 Å². The Bertz CT molecular complexity index is 553. The van der Waals surface area contributed by atoms with Gasteiger partial charge >= 0.3 is 0 Å². The molecule has 2 nitrogen and oxygen atoms in total. The molecule has 2 aromatic rings. The maximum absolute atomic E-state index is 6.11. The Morgan fingerprint density at radius 1 is 1.32 bits per heavy atom. The molecule has 104 valence electrons. The number of hydrogen-bond acceptors (Lipinski definition) is 2. The topological polar surface area (TPSA) is 25.2 Å². The summed E-state index contributed by atoms with van der Waals surface area (Å²) < 4.78 is 6.11. The molecule has 0 radical (unpaired) electrons. The van der Waals surface area contributed by atoms with E-state index in [1.54, 1.807) is 0 Å². The molecular formula is C17H25NO. The first kappa shape index (κ1) is 14.1. The van der Waals surface area contributed by atoms with Crippen LogP contribution in [-0.2, 0) is 5.41 Å². The van der Waals surface area contributed by atoms with Gasteiger partial charge in [0.15, 0.2) is 0 Å². The molecule has 0 saturated carbocycles.